The number of nitriles is 1. The molecule has 2 aromatic heterocycles. The number of amides is 1. The van der Waals surface area contributed by atoms with E-state index in [0.29, 0.717) is 16.3 Å². The molecule has 0 aliphatic heterocycles. The minimum atomic E-state index is -3.97. The number of rotatable bonds is 7. The predicted octanol–water partition coefficient (Wildman–Crippen LogP) is 3.17. The Kier molecular flexibility index (Phi) is 6.86. The van der Waals surface area contributed by atoms with E-state index in [1.165, 1.54) is 54.0 Å². The number of nitrogens with zero attached hydrogens (tertiary/aromatic N) is 4. The molecule has 168 valence electrons. The molecule has 33 heavy (non-hydrogen) atoms. The Labute approximate surface area is 195 Å². The number of carbonyl (C=O) groups is 1. The minimum Gasteiger partial charge on any atom is -0.366 e. The van der Waals surface area contributed by atoms with Crippen LogP contribution in [-0.4, -0.2) is 30.0 Å². The highest BCUT2D eigenvalue weighted by Crippen LogP contribution is 2.26. The van der Waals surface area contributed by atoms with Crippen LogP contribution in [0.1, 0.15) is 29.7 Å². The standard InChI is InChI=1S/C22H20N6O3S2/c23-13-16-12-15-4-1-2-5-19(15)27-21(16)32-14-20(29)26-17-6-8-18(9-7-17)33(30,31)28-22-24-10-3-11-25-22/h3,6-12H,1-2,4-5,14H2,(H2,24,25,26,28,29). The molecule has 4 rings (SSSR count). The number of hydrogen-bond donors (Lipinski definition) is 1. The number of carbonyl (C=O) groups excluding carboxylic acids is 1. The lowest BCUT2D eigenvalue weighted by molar-refractivity contribution is -0.439. The van der Waals surface area contributed by atoms with Crippen LogP contribution in [0.15, 0.2) is 58.7 Å². The van der Waals surface area contributed by atoms with Crippen LogP contribution in [0.25, 0.3) is 4.72 Å². The first-order valence-corrected chi connectivity index (χ1v) is 12.6. The summed E-state index contributed by atoms with van der Waals surface area (Å²) in [6, 6.07) is 11.4. The number of anilines is 1. The zero-order valence-electron chi connectivity index (χ0n) is 17.5. The van der Waals surface area contributed by atoms with Crippen LogP contribution in [0.4, 0.5) is 11.6 Å². The molecule has 9 nitrogen and oxygen atoms in total. The van der Waals surface area contributed by atoms with Crippen LogP contribution < -0.4 is 10.3 Å². The lowest BCUT2D eigenvalue weighted by Crippen LogP contribution is -2.23. The van der Waals surface area contributed by atoms with Crippen molar-refractivity contribution in [3.63, 3.8) is 0 Å². The van der Waals surface area contributed by atoms with Crippen molar-refractivity contribution >= 4 is 39.3 Å². The fourth-order valence-electron chi connectivity index (χ4n) is 3.42. The van der Waals surface area contributed by atoms with E-state index < -0.39 is 10.0 Å². The van der Waals surface area contributed by atoms with Crippen molar-refractivity contribution in [2.45, 2.75) is 35.6 Å². The van der Waals surface area contributed by atoms with E-state index in [0.717, 1.165) is 31.4 Å². The molecule has 1 aliphatic rings. The molecular formula is C22H20N6O3S2. The number of sulfonamides is 1. The maximum atomic E-state index is 12.4. The van der Waals surface area contributed by atoms with Gasteiger partial charge >= 0.3 is 0 Å². The third-order valence-electron chi connectivity index (χ3n) is 5.00. The maximum absolute atomic E-state index is 12.4. The van der Waals surface area contributed by atoms with Gasteiger partial charge < -0.3 is 15.3 Å². The molecule has 3 aromatic rings. The van der Waals surface area contributed by atoms with Gasteiger partial charge in [0.25, 0.3) is 5.03 Å². The fourth-order valence-corrected chi connectivity index (χ4v) is 5.11. The van der Waals surface area contributed by atoms with Crippen molar-refractivity contribution in [3.8, 4) is 6.07 Å². The molecule has 0 atom stereocenters. The molecule has 11 heteroatoms. The number of thioether (sulfide) groups is 1. The van der Waals surface area contributed by atoms with Crippen LogP contribution in [0.5, 0.6) is 0 Å². The lowest BCUT2D eigenvalue weighted by Gasteiger charge is -2.12. The Bertz CT molecular complexity index is 1310. The van der Waals surface area contributed by atoms with Crippen molar-refractivity contribution in [2.24, 2.45) is 0 Å². The molecule has 0 unspecified atom stereocenters. The number of hydrogen-bond acceptors (Lipinski definition) is 7. The summed E-state index contributed by atoms with van der Waals surface area (Å²) in [6.07, 6.45) is 6.94. The van der Waals surface area contributed by atoms with Crippen LogP contribution in [0, 0.1) is 11.3 Å². The maximum Gasteiger partial charge on any atom is 0.257 e. The van der Waals surface area contributed by atoms with Gasteiger partial charge in [-0.3, -0.25) is 9.52 Å². The first kappa shape index (κ1) is 22.7. The number of aryl methyl sites for hydroxylation is 2. The molecule has 2 N–H and O–H groups in total. The van der Waals surface area contributed by atoms with E-state index in [2.05, 4.69) is 31.1 Å². The molecule has 0 saturated carbocycles. The average molecular weight is 481 g/mol. The number of nitrogens with one attached hydrogen (secondary N) is 2. The number of benzene rings is 1. The normalized spacial score (nSPS) is 12.9. The summed E-state index contributed by atoms with van der Waals surface area (Å²) < 4.78 is 28.4. The Hall–Kier alpha value is -3.49. The summed E-state index contributed by atoms with van der Waals surface area (Å²) in [5.74, 6) is -0.319. The largest absolute Gasteiger partial charge is 0.366 e. The van der Waals surface area contributed by atoms with Crippen LogP contribution in [-0.2, 0) is 27.7 Å². The molecule has 0 radical (unpaired) electrons. The van der Waals surface area contributed by atoms with E-state index in [4.69, 9.17) is 0 Å². The smallest absolute Gasteiger partial charge is 0.257 e. The summed E-state index contributed by atoms with van der Waals surface area (Å²) in [6.45, 7) is 0. The molecular weight excluding hydrogens is 460 g/mol. The molecule has 0 spiro atoms. The van der Waals surface area contributed by atoms with Gasteiger partial charge in [0.05, 0.1) is 10.6 Å². The van der Waals surface area contributed by atoms with Crippen molar-refractivity contribution in [3.05, 3.63) is 70.3 Å². The summed E-state index contributed by atoms with van der Waals surface area (Å²) in [4.78, 5) is 23.3. The summed E-state index contributed by atoms with van der Waals surface area (Å²) in [5.41, 5.74) is 3.29. The van der Waals surface area contributed by atoms with Crippen molar-refractivity contribution in [2.75, 3.05) is 11.1 Å². The highest BCUT2D eigenvalue weighted by Gasteiger charge is 2.22. The second kappa shape index (κ2) is 9.97. The average Bonchev–Trinajstić information content (AvgIpc) is 2.83. The van der Waals surface area contributed by atoms with E-state index >= 15 is 0 Å². The molecule has 1 aromatic carbocycles. The van der Waals surface area contributed by atoms with Gasteiger partial charge in [0.15, 0.2) is 5.69 Å². The number of aromatic amines is 1. The van der Waals surface area contributed by atoms with Crippen molar-refractivity contribution in [1.29, 1.82) is 5.26 Å². The zero-order chi connectivity index (χ0) is 23.3. The Morgan fingerprint density at radius 3 is 2.64 bits per heavy atom. The minimum absolute atomic E-state index is 0.0374. The fraction of sp³-hybridized carbons (Fsp3) is 0.227. The van der Waals surface area contributed by atoms with Crippen molar-refractivity contribution in [1.82, 2.24) is 9.97 Å². The molecule has 0 fully saturated rings. The first-order chi connectivity index (χ1) is 15.9. The lowest BCUT2D eigenvalue weighted by atomic mass is 9.95. The monoisotopic (exact) mass is 480 g/mol. The van der Waals surface area contributed by atoms with E-state index in [-0.39, 0.29) is 22.5 Å². The van der Waals surface area contributed by atoms with Gasteiger partial charge in [-0.25, -0.2) is 13.4 Å². The van der Waals surface area contributed by atoms with Crippen LogP contribution >= 0.6 is 11.8 Å². The Balaban J connectivity index is 1.37. The second-order valence-corrected chi connectivity index (χ2v) is 9.90. The predicted molar refractivity (Wildman–Crippen MR) is 122 cm³/mol. The summed E-state index contributed by atoms with van der Waals surface area (Å²) >= 11 is 1.27. The SMILES string of the molecule is N#Cc1cc2c([nH+]c1SCC(=O)Nc1ccc(S(=O)(=O)[N-]c3ncccn3)cc1)CCCC2. The van der Waals surface area contributed by atoms with Crippen molar-refractivity contribution < 1.29 is 18.2 Å². The third-order valence-corrected chi connectivity index (χ3v) is 7.28. The quantitative estimate of drug-likeness (QED) is 0.512. The molecule has 0 saturated heterocycles. The van der Waals surface area contributed by atoms with Gasteiger partial charge in [-0.05, 0) is 73.7 Å². The Morgan fingerprint density at radius 2 is 1.91 bits per heavy atom. The first-order valence-electron chi connectivity index (χ1n) is 10.2. The summed E-state index contributed by atoms with van der Waals surface area (Å²) in [5, 5.41) is 12.9. The highest BCUT2D eigenvalue weighted by molar-refractivity contribution is 7.99. The van der Waals surface area contributed by atoms with Crippen LogP contribution in [0.3, 0.4) is 0 Å². The van der Waals surface area contributed by atoms with Gasteiger partial charge in [0.1, 0.15) is 11.6 Å². The third kappa shape index (κ3) is 5.66. The van der Waals surface area contributed by atoms with Crippen LogP contribution in [0.2, 0.25) is 0 Å². The number of fused-ring (bicyclic) bond motifs is 1. The van der Waals surface area contributed by atoms with Gasteiger partial charge in [0, 0.05) is 23.6 Å². The Morgan fingerprint density at radius 1 is 1.18 bits per heavy atom. The molecule has 1 aliphatic carbocycles. The van der Waals surface area contributed by atoms with Gasteiger partial charge in [-0.2, -0.15) is 5.26 Å². The highest BCUT2D eigenvalue weighted by atomic mass is 32.2. The van der Waals surface area contributed by atoms with E-state index in [1.54, 1.807) is 6.07 Å². The molecule has 0 bridgehead atoms. The molecule has 2 heterocycles. The van der Waals surface area contributed by atoms with E-state index in [1.807, 2.05) is 6.07 Å². The van der Waals surface area contributed by atoms with Gasteiger partial charge in [0.2, 0.25) is 15.9 Å². The van der Waals surface area contributed by atoms with Gasteiger partial charge in [-0.15, -0.1) is 0 Å². The topological polar surface area (TPSA) is 141 Å². The number of aromatic nitrogens is 3. The number of H-pyrrole nitrogens is 1. The van der Waals surface area contributed by atoms with E-state index in [9.17, 15) is 18.5 Å². The number of pyridine rings is 1. The zero-order valence-corrected chi connectivity index (χ0v) is 19.1. The second-order valence-electron chi connectivity index (χ2n) is 7.31. The van der Waals surface area contributed by atoms with Gasteiger partial charge in [-0.1, -0.05) is 6.07 Å². The molecule has 1 amide bonds. The summed E-state index contributed by atoms with van der Waals surface area (Å²) in [7, 11) is -3.97.